The summed E-state index contributed by atoms with van der Waals surface area (Å²) in [5, 5.41) is 6.02. The molecule has 142 valence electrons. The lowest BCUT2D eigenvalue weighted by Gasteiger charge is -2.38. The van der Waals surface area contributed by atoms with Gasteiger partial charge in [-0.25, -0.2) is 0 Å². The van der Waals surface area contributed by atoms with Gasteiger partial charge in [0.15, 0.2) is 8.32 Å². The molecule has 26 heavy (non-hydrogen) atoms. The maximum atomic E-state index is 6.63. The van der Waals surface area contributed by atoms with Crippen molar-refractivity contribution >= 4 is 30.6 Å². The first-order valence-electron chi connectivity index (χ1n) is 9.85. The topological polar surface area (TPSA) is 56.3 Å². The Morgan fingerprint density at radius 1 is 1.19 bits per heavy atom. The van der Waals surface area contributed by atoms with E-state index in [1.807, 2.05) is 6.20 Å². The van der Waals surface area contributed by atoms with E-state index in [0.717, 1.165) is 30.9 Å². The average Bonchev–Trinajstić information content (AvgIpc) is 3.14. The van der Waals surface area contributed by atoms with E-state index in [0.29, 0.717) is 12.1 Å². The summed E-state index contributed by atoms with van der Waals surface area (Å²) >= 11 is 0. The predicted molar refractivity (Wildman–Crippen MR) is 111 cm³/mol. The Morgan fingerprint density at radius 2 is 1.92 bits per heavy atom. The van der Waals surface area contributed by atoms with Gasteiger partial charge in [-0.3, -0.25) is 4.68 Å². The monoisotopic (exact) mass is 372 g/mol. The van der Waals surface area contributed by atoms with E-state index in [9.17, 15) is 0 Å². The Kier molecular flexibility index (Phi) is 4.11. The molecule has 1 atom stereocenters. The lowest BCUT2D eigenvalue weighted by atomic mass is 10.2. The molecule has 2 heterocycles. The summed E-state index contributed by atoms with van der Waals surface area (Å²) in [7, 11) is -1.73. The van der Waals surface area contributed by atoms with Gasteiger partial charge >= 0.3 is 0 Å². The van der Waals surface area contributed by atoms with Crippen molar-refractivity contribution in [1.29, 1.82) is 0 Å². The second kappa shape index (κ2) is 5.99. The summed E-state index contributed by atoms with van der Waals surface area (Å²) in [5.74, 6) is 0. The fourth-order valence-corrected chi connectivity index (χ4v) is 5.00. The quantitative estimate of drug-likeness (QED) is 0.632. The molecule has 2 N–H and O–H groups in total. The van der Waals surface area contributed by atoms with E-state index in [1.54, 1.807) is 0 Å². The van der Waals surface area contributed by atoms with Gasteiger partial charge < -0.3 is 15.1 Å². The van der Waals surface area contributed by atoms with Crippen molar-refractivity contribution in [3.63, 3.8) is 0 Å². The van der Waals surface area contributed by atoms with E-state index in [-0.39, 0.29) is 5.04 Å². The zero-order chi connectivity index (χ0) is 18.7. The third-order valence-corrected chi connectivity index (χ3v) is 10.9. The molecule has 2 aliphatic rings. The minimum atomic E-state index is -1.73. The lowest BCUT2D eigenvalue weighted by Crippen LogP contribution is -2.44. The Labute approximate surface area is 157 Å². The van der Waals surface area contributed by atoms with Crippen LogP contribution < -0.4 is 10.6 Å². The highest BCUT2D eigenvalue weighted by atomic mass is 28.4. The minimum Gasteiger partial charge on any atom is -0.412 e. The fourth-order valence-electron chi connectivity index (χ4n) is 3.62. The Bertz CT molecular complexity index is 819. The zero-order valence-electron chi connectivity index (χ0n) is 16.7. The molecule has 2 fully saturated rings. The molecule has 1 aliphatic heterocycles. The SMILES string of the molecule is CC(C)(C)[Si](C)(C)OC1CCN(c2cc3cnn(C4CC4)c3cc2N)C1. The summed E-state index contributed by atoms with van der Waals surface area (Å²) < 4.78 is 8.77. The Hall–Kier alpha value is -1.53. The molecular formula is C20H32N4OSi. The van der Waals surface area contributed by atoms with E-state index in [4.69, 9.17) is 10.2 Å². The molecule has 1 saturated heterocycles. The van der Waals surface area contributed by atoms with Gasteiger partial charge in [0, 0.05) is 18.5 Å². The normalized spacial score (nSPS) is 21.7. The molecule has 6 heteroatoms. The third-order valence-electron chi connectivity index (χ3n) is 6.39. The minimum absolute atomic E-state index is 0.246. The first-order chi connectivity index (χ1) is 12.2. The number of nitrogen functional groups attached to an aromatic ring is 1. The van der Waals surface area contributed by atoms with Gasteiger partial charge in [-0.05, 0) is 49.5 Å². The highest BCUT2D eigenvalue weighted by Crippen LogP contribution is 2.41. The molecule has 0 spiro atoms. The van der Waals surface area contributed by atoms with Gasteiger partial charge in [0.1, 0.15) is 0 Å². The van der Waals surface area contributed by atoms with E-state index in [1.165, 1.54) is 23.7 Å². The second-order valence-corrected chi connectivity index (χ2v) is 14.3. The molecular weight excluding hydrogens is 340 g/mol. The van der Waals surface area contributed by atoms with Crippen LogP contribution in [0.4, 0.5) is 11.4 Å². The molecule has 0 amide bonds. The molecule has 1 aliphatic carbocycles. The van der Waals surface area contributed by atoms with Crippen molar-refractivity contribution in [2.24, 2.45) is 0 Å². The molecule has 5 nitrogen and oxygen atoms in total. The summed E-state index contributed by atoms with van der Waals surface area (Å²) in [6.45, 7) is 13.5. The third kappa shape index (κ3) is 3.14. The van der Waals surface area contributed by atoms with Crippen LogP contribution in [0.15, 0.2) is 18.3 Å². The van der Waals surface area contributed by atoms with Crippen molar-refractivity contribution in [3.05, 3.63) is 18.3 Å². The number of hydrogen-bond donors (Lipinski definition) is 1. The molecule has 0 radical (unpaired) electrons. The van der Waals surface area contributed by atoms with Crippen LogP contribution in [0, 0.1) is 0 Å². The molecule has 1 aromatic heterocycles. The fraction of sp³-hybridized carbons (Fsp3) is 0.650. The van der Waals surface area contributed by atoms with Crippen molar-refractivity contribution in [1.82, 2.24) is 9.78 Å². The highest BCUT2D eigenvalue weighted by Gasteiger charge is 2.40. The van der Waals surface area contributed by atoms with Crippen molar-refractivity contribution < 1.29 is 4.43 Å². The molecule has 1 unspecified atom stereocenters. The van der Waals surface area contributed by atoms with Crippen LogP contribution in [0.1, 0.15) is 46.1 Å². The standard InChI is InChI=1S/C20H32N4OSi/c1-20(2,3)26(4,5)25-16-8-9-23(13-16)19-10-14-12-22-24(15-6-7-15)18(14)11-17(19)21/h10-12,15-16H,6-9,13,21H2,1-5H3. The molecule has 0 bridgehead atoms. The van der Waals surface area contributed by atoms with Crippen LogP contribution in [-0.2, 0) is 4.43 Å². The van der Waals surface area contributed by atoms with Crippen LogP contribution in [0.25, 0.3) is 10.9 Å². The number of hydrogen-bond acceptors (Lipinski definition) is 4. The van der Waals surface area contributed by atoms with Crippen LogP contribution in [0.5, 0.6) is 0 Å². The summed E-state index contributed by atoms with van der Waals surface area (Å²) in [6, 6.07) is 4.90. The van der Waals surface area contributed by atoms with E-state index in [2.05, 4.69) is 60.7 Å². The zero-order valence-corrected chi connectivity index (χ0v) is 17.7. The van der Waals surface area contributed by atoms with Crippen molar-refractivity contribution in [2.45, 2.75) is 70.3 Å². The van der Waals surface area contributed by atoms with Gasteiger partial charge in [-0.2, -0.15) is 5.10 Å². The number of anilines is 2. The van der Waals surface area contributed by atoms with Gasteiger partial charge in [0.25, 0.3) is 0 Å². The maximum absolute atomic E-state index is 6.63. The number of fused-ring (bicyclic) bond motifs is 1. The van der Waals surface area contributed by atoms with Gasteiger partial charge in [-0.15, -0.1) is 0 Å². The van der Waals surface area contributed by atoms with Crippen LogP contribution in [-0.4, -0.2) is 37.3 Å². The van der Waals surface area contributed by atoms with E-state index < -0.39 is 8.32 Å². The number of nitrogens with zero attached hydrogens (tertiary/aromatic N) is 3. The van der Waals surface area contributed by atoms with Crippen molar-refractivity contribution in [3.8, 4) is 0 Å². The number of aromatic nitrogens is 2. The van der Waals surface area contributed by atoms with E-state index >= 15 is 0 Å². The Balaban J connectivity index is 1.53. The Morgan fingerprint density at radius 3 is 2.58 bits per heavy atom. The molecule has 4 rings (SSSR count). The number of nitrogens with two attached hydrogens (primary N) is 1. The summed E-state index contributed by atoms with van der Waals surface area (Å²) in [5.41, 5.74) is 9.60. The van der Waals surface area contributed by atoms with Gasteiger partial charge in [0.2, 0.25) is 0 Å². The molecule has 1 saturated carbocycles. The number of rotatable bonds is 4. The van der Waals surface area contributed by atoms with Crippen LogP contribution in [0.3, 0.4) is 0 Å². The molecule has 2 aromatic rings. The second-order valence-electron chi connectivity index (χ2n) is 9.53. The maximum Gasteiger partial charge on any atom is 0.192 e. The van der Waals surface area contributed by atoms with Crippen LogP contribution >= 0.6 is 0 Å². The van der Waals surface area contributed by atoms with Gasteiger partial charge in [-0.1, -0.05) is 20.8 Å². The first-order valence-corrected chi connectivity index (χ1v) is 12.8. The first kappa shape index (κ1) is 17.9. The smallest absolute Gasteiger partial charge is 0.192 e. The van der Waals surface area contributed by atoms with Crippen LogP contribution in [0.2, 0.25) is 18.1 Å². The molecule has 1 aromatic carbocycles. The predicted octanol–water partition coefficient (Wildman–Crippen LogP) is 4.55. The lowest BCUT2D eigenvalue weighted by molar-refractivity contribution is 0.202. The van der Waals surface area contributed by atoms with Gasteiger partial charge in [0.05, 0.1) is 35.2 Å². The number of benzene rings is 1. The van der Waals surface area contributed by atoms with Crippen molar-refractivity contribution in [2.75, 3.05) is 23.7 Å². The summed E-state index contributed by atoms with van der Waals surface area (Å²) in [6.07, 6.45) is 5.83. The largest absolute Gasteiger partial charge is 0.412 e. The summed E-state index contributed by atoms with van der Waals surface area (Å²) in [4.78, 5) is 2.39. The highest BCUT2D eigenvalue weighted by molar-refractivity contribution is 6.74. The average molecular weight is 373 g/mol.